The van der Waals surface area contributed by atoms with Crippen molar-refractivity contribution in [3.05, 3.63) is 22.4 Å². The van der Waals surface area contributed by atoms with Crippen LogP contribution in [0.3, 0.4) is 0 Å². The van der Waals surface area contributed by atoms with E-state index in [1.165, 1.54) is 13.1 Å². The molecule has 0 spiro atoms. The molecule has 0 unspecified atom stereocenters. The maximum absolute atomic E-state index is 10.5. The minimum Gasteiger partial charge on any atom is -0.313 e. The van der Waals surface area contributed by atoms with E-state index >= 15 is 0 Å². The Kier molecular flexibility index (Phi) is 1.71. The van der Waals surface area contributed by atoms with E-state index in [2.05, 4.69) is 9.97 Å². The van der Waals surface area contributed by atoms with Crippen molar-refractivity contribution in [2.45, 2.75) is 13.3 Å². The smallest absolute Gasteiger partial charge is 0.313 e. The summed E-state index contributed by atoms with van der Waals surface area (Å²) in [6, 6.07) is 0. The van der Waals surface area contributed by atoms with Crippen LogP contribution in [-0.4, -0.2) is 15.8 Å². The number of aromatic nitrogens is 2. The van der Waals surface area contributed by atoms with Crippen molar-refractivity contribution in [3.63, 3.8) is 0 Å². The number of rotatable bonds is 2. The summed E-state index contributed by atoms with van der Waals surface area (Å²) in [5.41, 5.74) is 0.369. The monoisotopic (exact) mass is 140 g/mol. The SMILES string of the molecule is CC(=O)Cc1c[nH]c(=O)[nH]1. The van der Waals surface area contributed by atoms with Gasteiger partial charge in [-0.3, -0.25) is 4.79 Å². The van der Waals surface area contributed by atoms with E-state index in [1.807, 2.05) is 0 Å². The highest BCUT2D eigenvalue weighted by molar-refractivity contribution is 5.77. The van der Waals surface area contributed by atoms with E-state index in [4.69, 9.17) is 0 Å². The number of nitrogens with one attached hydrogen (secondary N) is 2. The maximum atomic E-state index is 10.5. The summed E-state index contributed by atoms with van der Waals surface area (Å²) >= 11 is 0. The highest BCUT2D eigenvalue weighted by atomic mass is 16.1. The molecular formula is C6H8N2O2. The van der Waals surface area contributed by atoms with Crippen LogP contribution in [0.15, 0.2) is 11.0 Å². The van der Waals surface area contributed by atoms with E-state index in [9.17, 15) is 9.59 Å². The zero-order valence-electron chi connectivity index (χ0n) is 5.60. The molecule has 0 atom stereocenters. The van der Waals surface area contributed by atoms with E-state index in [-0.39, 0.29) is 11.5 Å². The van der Waals surface area contributed by atoms with Crippen LogP contribution < -0.4 is 5.69 Å². The molecule has 2 N–H and O–H groups in total. The highest BCUT2D eigenvalue weighted by Crippen LogP contribution is 1.89. The van der Waals surface area contributed by atoms with Crippen molar-refractivity contribution in [1.29, 1.82) is 0 Å². The zero-order chi connectivity index (χ0) is 7.56. The largest absolute Gasteiger partial charge is 0.323 e. The first-order valence-electron chi connectivity index (χ1n) is 2.94. The predicted molar refractivity (Wildman–Crippen MR) is 35.8 cm³/mol. The number of hydrogen-bond donors (Lipinski definition) is 2. The minimum absolute atomic E-state index is 0.0373. The summed E-state index contributed by atoms with van der Waals surface area (Å²) in [6.07, 6.45) is 1.79. The Morgan fingerprint density at radius 2 is 2.40 bits per heavy atom. The third-order valence-corrected chi connectivity index (χ3v) is 1.09. The lowest BCUT2D eigenvalue weighted by molar-refractivity contribution is -0.116. The topological polar surface area (TPSA) is 65.7 Å². The molecule has 4 heteroatoms. The van der Waals surface area contributed by atoms with Crippen molar-refractivity contribution in [1.82, 2.24) is 9.97 Å². The number of aromatic amines is 2. The van der Waals surface area contributed by atoms with Gasteiger partial charge in [0.15, 0.2) is 0 Å². The molecule has 0 aliphatic heterocycles. The first-order chi connectivity index (χ1) is 4.68. The van der Waals surface area contributed by atoms with Gasteiger partial charge in [-0.15, -0.1) is 0 Å². The lowest BCUT2D eigenvalue weighted by Gasteiger charge is -1.86. The fraction of sp³-hybridized carbons (Fsp3) is 0.333. The fourth-order valence-electron chi connectivity index (χ4n) is 0.734. The van der Waals surface area contributed by atoms with Crippen LogP contribution in [0.5, 0.6) is 0 Å². The van der Waals surface area contributed by atoms with Gasteiger partial charge in [0.05, 0.1) is 0 Å². The normalized spacial score (nSPS) is 9.70. The lowest BCUT2D eigenvalue weighted by Crippen LogP contribution is -2.03. The molecule has 10 heavy (non-hydrogen) atoms. The maximum Gasteiger partial charge on any atom is 0.323 e. The summed E-state index contributed by atoms with van der Waals surface area (Å²) < 4.78 is 0. The van der Waals surface area contributed by atoms with E-state index < -0.39 is 0 Å². The standard InChI is InChI=1S/C6H8N2O2/c1-4(9)2-5-3-7-6(10)8-5/h3H,2H2,1H3,(H2,7,8,10). The quantitative estimate of drug-likeness (QED) is 0.599. The molecule has 1 rings (SSSR count). The van der Waals surface area contributed by atoms with Gasteiger partial charge < -0.3 is 9.97 Å². The van der Waals surface area contributed by atoms with Crippen LogP contribution in [0, 0.1) is 0 Å². The Morgan fingerprint density at radius 1 is 1.70 bits per heavy atom. The minimum atomic E-state index is -0.267. The molecule has 0 saturated carbocycles. The van der Waals surface area contributed by atoms with Crippen molar-refractivity contribution in [2.24, 2.45) is 0 Å². The van der Waals surface area contributed by atoms with Crippen molar-refractivity contribution < 1.29 is 4.79 Å². The molecule has 1 aromatic heterocycles. The van der Waals surface area contributed by atoms with E-state index in [0.29, 0.717) is 12.1 Å². The van der Waals surface area contributed by atoms with Crippen molar-refractivity contribution >= 4 is 5.78 Å². The van der Waals surface area contributed by atoms with Crippen LogP contribution in [0.2, 0.25) is 0 Å². The van der Waals surface area contributed by atoms with Gasteiger partial charge in [-0.1, -0.05) is 0 Å². The summed E-state index contributed by atoms with van der Waals surface area (Å²) in [4.78, 5) is 25.8. The number of H-pyrrole nitrogens is 2. The average molecular weight is 140 g/mol. The van der Waals surface area contributed by atoms with Gasteiger partial charge >= 0.3 is 5.69 Å². The van der Waals surface area contributed by atoms with Gasteiger partial charge in [-0.25, -0.2) is 4.79 Å². The molecule has 0 amide bonds. The second-order valence-corrected chi connectivity index (χ2v) is 2.15. The van der Waals surface area contributed by atoms with Crippen LogP contribution >= 0.6 is 0 Å². The average Bonchev–Trinajstić information content (AvgIpc) is 2.13. The number of carbonyl (C=O) groups excluding carboxylic acids is 1. The molecule has 0 fully saturated rings. The van der Waals surface area contributed by atoms with Gasteiger partial charge in [0.2, 0.25) is 0 Å². The van der Waals surface area contributed by atoms with Gasteiger partial charge in [0, 0.05) is 18.3 Å². The van der Waals surface area contributed by atoms with Crippen LogP contribution in [0.1, 0.15) is 12.6 Å². The molecule has 0 aliphatic rings. The van der Waals surface area contributed by atoms with Gasteiger partial charge in [0.1, 0.15) is 5.78 Å². The molecule has 0 saturated heterocycles. The molecule has 0 radical (unpaired) electrons. The van der Waals surface area contributed by atoms with Crippen LogP contribution in [0.25, 0.3) is 0 Å². The second-order valence-electron chi connectivity index (χ2n) is 2.15. The molecule has 54 valence electrons. The fourth-order valence-corrected chi connectivity index (χ4v) is 0.734. The Labute approximate surface area is 57.3 Å². The van der Waals surface area contributed by atoms with Crippen LogP contribution in [-0.2, 0) is 11.2 Å². The number of imidazole rings is 1. The van der Waals surface area contributed by atoms with Gasteiger partial charge in [0.25, 0.3) is 0 Å². The molecule has 0 aromatic carbocycles. The number of hydrogen-bond acceptors (Lipinski definition) is 2. The van der Waals surface area contributed by atoms with Gasteiger partial charge in [-0.05, 0) is 6.92 Å². The summed E-state index contributed by atoms with van der Waals surface area (Å²) in [6.45, 7) is 1.48. The van der Waals surface area contributed by atoms with Crippen LogP contribution in [0.4, 0.5) is 0 Å². The zero-order valence-corrected chi connectivity index (χ0v) is 5.60. The number of carbonyl (C=O) groups is 1. The second kappa shape index (κ2) is 2.51. The number of Topliss-reactive ketones (excluding diaryl/α,β-unsaturated/α-hetero) is 1. The van der Waals surface area contributed by atoms with E-state index in [1.54, 1.807) is 0 Å². The predicted octanol–water partition coefficient (Wildman–Crippen LogP) is -0.165. The first-order valence-corrected chi connectivity index (χ1v) is 2.94. The Hall–Kier alpha value is -1.32. The summed E-state index contributed by atoms with van der Waals surface area (Å²) in [5, 5.41) is 0. The Morgan fingerprint density at radius 3 is 2.80 bits per heavy atom. The molecular weight excluding hydrogens is 132 g/mol. The summed E-state index contributed by atoms with van der Waals surface area (Å²) in [5.74, 6) is 0.0373. The molecule has 1 heterocycles. The lowest BCUT2D eigenvalue weighted by atomic mass is 10.2. The first kappa shape index (κ1) is 6.80. The Bertz CT molecular complexity index is 284. The van der Waals surface area contributed by atoms with Crippen molar-refractivity contribution in [2.75, 3.05) is 0 Å². The molecule has 1 aromatic rings. The molecule has 0 aliphatic carbocycles. The Balaban J connectivity index is 2.76. The molecule has 4 nitrogen and oxygen atoms in total. The van der Waals surface area contributed by atoms with Crippen molar-refractivity contribution in [3.8, 4) is 0 Å². The third-order valence-electron chi connectivity index (χ3n) is 1.09. The van der Waals surface area contributed by atoms with E-state index in [0.717, 1.165) is 0 Å². The number of ketones is 1. The highest BCUT2D eigenvalue weighted by Gasteiger charge is 1.97. The molecule has 0 bridgehead atoms. The van der Waals surface area contributed by atoms with Gasteiger partial charge in [-0.2, -0.15) is 0 Å². The third kappa shape index (κ3) is 1.58. The summed E-state index contributed by atoms with van der Waals surface area (Å²) in [7, 11) is 0.